The van der Waals surface area contributed by atoms with E-state index in [9.17, 15) is 9.36 Å². The van der Waals surface area contributed by atoms with Gasteiger partial charge in [0.15, 0.2) is 10.2 Å². The van der Waals surface area contributed by atoms with Gasteiger partial charge in [-0.15, -0.1) is 0 Å². The first-order chi connectivity index (χ1) is 14.6. The lowest BCUT2D eigenvalue weighted by Gasteiger charge is -2.25. The largest absolute Gasteiger partial charge is 0.469 e. The molecule has 0 saturated heterocycles. The first-order valence-electron chi connectivity index (χ1n) is 8.97. The van der Waals surface area contributed by atoms with Gasteiger partial charge in [-0.2, -0.15) is 0 Å². The van der Waals surface area contributed by atoms with Crippen molar-refractivity contribution >= 4 is 82.6 Å². The number of rotatable bonds is 7. The van der Waals surface area contributed by atoms with Crippen LogP contribution in [0.5, 0.6) is 0 Å². The number of thiocarbonyl (C=S) groups is 2. The van der Waals surface area contributed by atoms with Gasteiger partial charge in [-0.3, -0.25) is 19.5 Å². The Balaban J connectivity index is 2.12. The van der Waals surface area contributed by atoms with Crippen LogP contribution >= 0.6 is 55.1 Å². The lowest BCUT2D eigenvalue weighted by atomic mass is 10.2. The summed E-state index contributed by atoms with van der Waals surface area (Å²) in [5, 5.41) is 12.7. The Kier molecular flexibility index (Phi) is 9.53. The van der Waals surface area contributed by atoms with Gasteiger partial charge in [0.2, 0.25) is 0 Å². The molecular formula is C19H21Cl2N4O3PS2. The molecule has 0 unspecified atom stereocenters. The smallest absolute Gasteiger partial charge is 0.308 e. The van der Waals surface area contributed by atoms with Crippen molar-refractivity contribution < 1.29 is 14.1 Å². The van der Waals surface area contributed by atoms with Gasteiger partial charge in [-0.05, 0) is 73.0 Å². The van der Waals surface area contributed by atoms with Crippen molar-refractivity contribution in [1.82, 2.24) is 10.2 Å². The number of hydrogen-bond donors (Lipinski definition) is 4. The van der Waals surface area contributed by atoms with Crippen molar-refractivity contribution in [3.63, 3.8) is 0 Å². The monoisotopic (exact) mass is 518 g/mol. The Labute approximate surface area is 201 Å². The Morgan fingerprint density at radius 1 is 0.935 bits per heavy atom. The van der Waals surface area contributed by atoms with Gasteiger partial charge in [0.25, 0.3) is 7.44 Å². The van der Waals surface area contributed by atoms with Gasteiger partial charge in [-0.1, -0.05) is 30.1 Å². The summed E-state index contributed by atoms with van der Waals surface area (Å²) in [4.78, 5) is 11.9. The molecule has 0 aliphatic rings. The molecule has 0 bridgehead atoms. The molecule has 4 N–H and O–H groups in total. The summed E-state index contributed by atoms with van der Waals surface area (Å²) in [5.74, 6) is -1.18. The van der Waals surface area contributed by atoms with E-state index in [0.29, 0.717) is 21.4 Å². The maximum atomic E-state index is 13.6. The molecule has 12 heteroatoms. The van der Waals surface area contributed by atoms with Crippen molar-refractivity contribution in [2.24, 2.45) is 5.92 Å². The highest BCUT2D eigenvalue weighted by Gasteiger charge is 2.30. The van der Waals surface area contributed by atoms with E-state index in [1.807, 2.05) is 0 Å². The highest BCUT2D eigenvalue weighted by atomic mass is 35.5. The third-order valence-electron chi connectivity index (χ3n) is 3.90. The molecule has 0 saturated carbocycles. The van der Waals surface area contributed by atoms with E-state index in [0.717, 1.165) is 0 Å². The number of esters is 1. The molecule has 2 aromatic carbocycles. The highest BCUT2D eigenvalue weighted by Crippen LogP contribution is 2.39. The van der Waals surface area contributed by atoms with Gasteiger partial charge in [0.05, 0.1) is 19.2 Å². The number of hydrogen-bond acceptors (Lipinski definition) is 5. The molecule has 0 amide bonds. The van der Waals surface area contributed by atoms with E-state index >= 15 is 0 Å². The van der Waals surface area contributed by atoms with Gasteiger partial charge >= 0.3 is 5.97 Å². The number of nitrogens with one attached hydrogen (secondary N) is 4. The van der Waals surface area contributed by atoms with Crippen LogP contribution in [0.15, 0.2) is 48.5 Å². The average molecular weight is 519 g/mol. The molecule has 31 heavy (non-hydrogen) atoms. The number of carbonyl (C=O) groups excluding carboxylic acids is 1. The quantitative estimate of drug-likeness (QED) is 0.222. The number of carbonyl (C=O) groups is 1. The first-order valence-corrected chi connectivity index (χ1v) is 12.4. The second kappa shape index (κ2) is 11.6. The van der Waals surface area contributed by atoms with Gasteiger partial charge in [0.1, 0.15) is 0 Å². The maximum Gasteiger partial charge on any atom is 0.308 e. The van der Waals surface area contributed by atoms with Crippen molar-refractivity contribution in [1.29, 1.82) is 0 Å². The molecule has 0 heterocycles. The second-order valence-corrected chi connectivity index (χ2v) is 10.5. The number of halogens is 2. The molecular weight excluding hydrogens is 498 g/mol. The zero-order valence-electron chi connectivity index (χ0n) is 16.6. The third-order valence-corrected chi connectivity index (χ3v) is 7.35. The van der Waals surface area contributed by atoms with Gasteiger partial charge < -0.3 is 15.4 Å². The van der Waals surface area contributed by atoms with Crippen molar-refractivity contribution in [2.75, 3.05) is 23.9 Å². The van der Waals surface area contributed by atoms with Crippen molar-refractivity contribution in [3.8, 4) is 0 Å². The van der Waals surface area contributed by atoms with Crippen LogP contribution in [0.3, 0.4) is 0 Å². The van der Waals surface area contributed by atoms with E-state index in [2.05, 4.69) is 20.8 Å². The fraction of sp³-hybridized carbons (Fsp3) is 0.211. The zero-order chi connectivity index (χ0) is 23.0. The first kappa shape index (κ1) is 25.4. The molecule has 7 nitrogen and oxygen atoms in total. The molecule has 0 spiro atoms. The fourth-order valence-corrected chi connectivity index (χ4v) is 5.79. The number of anilines is 2. The van der Waals surface area contributed by atoms with E-state index < -0.39 is 19.3 Å². The minimum Gasteiger partial charge on any atom is -0.469 e. The Hall–Kier alpha value is -1.90. The Morgan fingerprint density at radius 2 is 1.32 bits per heavy atom. The van der Waals surface area contributed by atoms with Crippen LogP contribution < -0.4 is 20.8 Å². The number of ether oxygens (including phenoxy) is 1. The summed E-state index contributed by atoms with van der Waals surface area (Å²) in [5.41, 5.74) is 1.30. The standard InChI is InChI=1S/C19H21Cl2N4O3PS2/c1-12(17(26)28-2)11-29(27,24-18(30)22-15-7-3-13(20)4-8-15)25-19(31)23-16-9-5-14(21)6-10-16/h3-10,12H,11H2,1-2H3,(H4,22,23,24,25,27,30,31)/t12-/m0/s1. The molecule has 0 aliphatic heterocycles. The molecule has 0 radical (unpaired) electrons. The second-order valence-electron chi connectivity index (χ2n) is 6.49. The highest BCUT2D eigenvalue weighted by molar-refractivity contribution is 7.82. The Morgan fingerprint density at radius 3 is 1.68 bits per heavy atom. The van der Waals surface area contributed by atoms with Crippen LogP contribution in [0.4, 0.5) is 11.4 Å². The van der Waals surface area contributed by atoms with Gasteiger partial charge in [-0.25, -0.2) is 0 Å². The van der Waals surface area contributed by atoms with Crippen LogP contribution in [-0.4, -0.2) is 29.5 Å². The normalized spacial score (nSPS) is 11.7. The molecule has 1 atom stereocenters. The molecule has 2 aromatic rings. The zero-order valence-corrected chi connectivity index (χ0v) is 20.7. The fourth-order valence-electron chi connectivity index (χ4n) is 2.49. The summed E-state index contributed by atoms with van der Waals surface area (Å²) >= 11 is 22.4. The molecule has 166 valence electrons. The number of benzene rings is 2. The summed E-state index contributed by atoms with van der Waals surface area (Å²) in [6, 6.07) is 13.6. The summed E-state index contributed by atoms with van der Waals surface area (Å²) in [7, 11) is -2.24. The SMILES string of the molecule is COC(=O)[C@@H](C)CP(=O)(NC(=S)Nc1ccc(Cl)cc1)NC(=S)Nc1ccc(Cl)cc1. The van der Waals surface area contributed by atoms with E-state index in [1.165, 1.54) is 7.11 Å². The van der Waals surface area contributed by atoms with Crippen LogP contribution in [0.25, 0.3) is 0 Å². The van der Waals surface area contributed by atoms with Crippen LogP contribution in [0.2, 0.25) is 10.0 Å². The Bertz CT molecular complexity index is 925. The minimum absolute atomic E-state index is 0.0875. The van der Waals surface area contributed by atoms with Crippen LogP contribution in [-0.2, 0) is 14.1 Å². The lowest BCUT2D eigenvalue weighted by Crippen LogP contribution is -2.38. The molecule has 0 aromatic heterocycles. The van der Waals surface area contributed by atoms with Crippen molar-refractivity contribution in [2.45, 2.75) is 6.92 Å². The predicted molar refractivity (Wildman–Crippen MR) is 135 cm³/mol. The summed E-state index contributed by atoms with van der Waals surface area (Å²) in [6.07, 6.45) is -0.0927. The minimum atomic E-state index is -3.51. The van der Waals surface area contributed by atoms with E-state index in [-0.39, 0.29) is 16.4 Å². The molecule has 0 fully saturated rings. The van der Waals surface area contributed by atoms with Crippen LogP contribution in [0.1, 0.15) is 6.92 Å². The van der Waals surface area contributed by atoms with E-state index in [1.54, 1.807) is 55.5 Å². The number of methoxy groups -OCH3 is 1. The average Bonchev–Trinajstić information content (AvgIpc) is 2.70. The van der Waals surface area contributed by atoms with Crippen LogP contribution in [0, 0.1) is 5.92 Å². The molecule has 0 aliphatic carbocycles. The van der Waals surface area contributed by atoms with Gasteiger partial charge in [0, 0.05) is 21.4 Å². The third kappa shape index (κ3) is 8.63. The summed E-state index contributed by atoms with van der Waals surface area (Å²) in [6.45, 7) is 1.60. The maximum absolute atomic E-state index is 13.6. The van der Waals surface area contributed by atoms with Crippen molar-refractivity contribution in [3.05, 3.63) is 58.6 Å². The molecule has 2 rings (SSSR count). The van der Waals surface area contributed by atoms with E-state index in [4.69, 9.17) is 52.4 Å². The summed E-state index contributed by atoms with van der Waals surface area (Å²) < 4.78 is 18.4. The topological polar surface area (TPSA) is 91.5 Å². The lowest BCUT2D eigenvalue weighted by molar-refractivity contribution is -0.144. The predicted octanol–water partition coefficient (Wildman–Crippen LogP) is 5.27.